The van der Waals surface area contributed by atoms with E-state index in [0.29, 0.717) is 11.4 Å². The first-order chi connectivity index (χ1) is 11.6. The molecule has 0 N–H and O–H groups in total. The van der Waals surface area contributed by atoms with Crippen molar-refractivity contribution in [3.8, 4) is 5.75 Å². The van der Waals surface area contributed by atoms with Crippen LogP contribution in [0, 0.1) is 12.8 Å². The maximum absolute atomic E-state index is 12.9. The fourth-order valence-electron chi connectivity index (χ4n) is 3.40. The first-order valence-electron chi connectivity index (χ1n) is 7.80. The van der Waals surface area contributed by atoms with Crippen molar-refractivity contribution in [2.24, 2.45) is 5.92 Å². The van der Waals surface area contributed by atoms with E-state index in [0.717, 1.165) is 16.0 Å². The molecule has 4 rings (SSSR count). The predicted octanol–water partition coefficient (Wildman–Crippen LogP) is 2.58. The average Bonchev–Trinajstić information content (AvgIpc) is 2.56. The Bertz CT molecular complexity index is 856. The summed E-state index contributed by atoms with van der Waals surface area (Å²) in [6, 6.07) is 14.2. The number of hydrogen-bond donors (Lipinski definition) is 0. The fraction of sp³-hybridized carbons (Fsp3) is 0.211. The number of amides is 2. The van der Waals surface area contributed by atoms with Crippen LogP contribution in [0.15, 0.2) is 48.5 Å². The van der Waals surface area contributed by atoms with Crippen molar-refractivity contribution in [2.75, 3.05) is 4.90 Å². The molecule has 2 aliphatic heterocycles. The van der Waals surface area contributed by atoms with Gasteiger partial charge in [0.15, 0.2) is 0 Å². The van der Waals surface area contributed by atoms with Crippen molar-refractivity contribution < 1.29 is 19.1 Å². The average molecular weight is 321 g/mol. The lowest BCUT2D eigenvalue weighted by Crippen LogP contribution is -2.53. The zero-order chi connectivity index (χ0) is 16.8. The predicted molar refractivity (Wildman–Crippen MR) is 86.6 cm³/mol. The lowest BCUT2D eigenvalue weighted by Gasteiger charge is -2.38. The Morgan fingerprint density at radius 1 is 1.00 bits per heavy atom. The normalized spacial score (nSPS) is 22.7. The number of aryl methyl sites for hydroxylation is 1. The van der Waals surface area contributed by atoms with E-state index >= 15 is 0 Å². The summed E-state index contributed by atoms with van der Waals surface area (Å²) in [6.45, 7) is 1.93. The number of carbonyl (C=O) groups is 3. The van der Waals surface area contributed by atoms with Crippen LogP contribution in [-0.4, -0.2) is 17.8 Å². The molecular weight excluding hydrogens is 306 g/mol. The molecule has 0 aromatic heterocycles. The van der Waals surface area contributed by atoms with Crippen LogP contribution in [0.25, 0.3) is 0 Å². The number of para-hydroxylation sites is 1. The zero-order valence-electron chi connectivity index (χ0n) is 13.1. The van der Waals surface area contributed by atoms with Crippen molar-refractivity contribution >= 4 is 23.5 Å². The Labute approximate surface area is 138 Å². The molecule has 0 aliphatic carbocycles. The van der Waals surface area contributed by atoms with Gasteiger partial charge in [0.1, 0.15) is 11.7 Å². The number of nitrogens with zero attached hydrogens (tertiary/aromatic N) is 1. The van der Waals surface area contributed by atoms with Crippen LogP contribution < -0.4 is 9.64 Å². The van der Waals surface area contributed by atoms with Crippen molar-refractivity contribution in [3.63, 3.8) is 0 Å². The number of hydrogen-bond acceptors (Lipinski definition) is 4. The Kier molecular flexibility index (Phi) is 3.23. The molecule has 24 heavy (non-hydrogen) atoms. The van der Waals surface area contributed by atoms with E-state index in [1.165, 1.54) is 0 Å². The summed E-state index contributed by atoms with van der Waals surface area (Å²) in [6.07, 6.45) is 0.108. The van der Waals surface area contributed by atoms with E-state index < -0.39 is 23.7 Å². The number of carbonyl (C=O) groups excluding carboxylic acids is 3. The highest BCUT2D eigenvalue weighted by Crippen LogP contribution is 2.44. The second kappa shape index (κ2) is 5.30. The van der Waals surface area contributed by atoms with Gasteiger partial charge in [0.2, 0.25) is 11.8 Å². The highest BCUT2D eigenvalue weighted by molar-refractivity contribution is 6.23. The van der Waals surface area contributed by atoms with Gasteiger partial charge in [0.25, 0.3) is 0 Å². The smallest absolute Gasteiger partial charge is 0.324 e. The molecule has 2 atom stereocenters. The van der Waals surface area contributed by atoms with Crippen LogP contribution in [-0.2, 0) is 14.4 Å². The van der Waals surface area contributed by atoms with Crippen LogP contribution in [0.3, 0.4) is 0 Å². The molecule has 1 fully saturated rings. The van der Waals surface area contributed by atoms with Gasteiger partial charge in [0, 0.05) is 12.3 Å². The minimum atomic E-state index is -0.973. The lowest BCUT2D eigenvalue weighted by molar-refractivity contribution is -0.149. The number of esters is 1. The van der Waals surface area contributed by atoms with Gasteiger partial charge in [0.05, 0.1) is 5.69 Å². The molecule has 0 spiro atoms. The minimum absolute atomic E-state index is 0.108. The van der Waals surface area contributed by atoms with Gasteiger partial charge in [-0.1, -0.05) is 35.9 Å². The number of anilines is 1. The third-order valence-corrected chi connectivity index (χ3v) is 4.61. The van der Waals surface area contributed by atoms with E-state index in [1.807, 2.05) is 31.2 Å². The number of ether oxygens (including phenoxy) is 1. The second-order valence-corrected chi connectivity index (χ2v) is 6.15. The molecular formula is C19H15NO4. The summed E-state index contributed by atoms with van der Waals surface area (Å²) in [5, 5.41) is 0. The van der Waals surface area contributed by atoms with Crippen LogP contribution in [0.1, 0.15) is 23.5 Å². The molecule has 0 radical (unpaired) electrons. The number of imide groups is 1. The topological polar surface area (TPSA) is 63.7 Å². The molecule has 2 unspecified atom stereocenters. The van der Waals surface area contributed by atoms with Gasteiger partial charge in [-0.3, -0.25) is 14.4 Å². The van der Waals surface area contributed by atoms with Crippen molar-refractivity contribution in [1.82, 2.24) is 0 Å². The molecule has 5 nitrogen and oxygen atoms in total. The summed E-state index contributed by atoms with van der Waals surface area (Å²) in [5.41, 5.74) is 2.26. The van der Waals surface area contributed by atoms with Gasteiger partial charge in [-0.2, -0.15) is 0 Å². The summed E-state index contributed by atoms with van der Waals surface area (Å²) < 4.78 is 5.31. The van der Waals surface area contributed by atoms with E-state index in [9.17, 15) is 14.4 Å². The minimum Gasteiger partial charge on any atom is -0.426 e. The number of fused-ring (bicyclic) bond motifs is 3. The van der Waals surface area contributed by atoms with E-state index in [4.69, 9.17) is 4.74 Å². The molecule has 2 aromatic carbocycles. The molecule has 0 bridgehead atoms. The third-order valence-electron chi connectivity index (χ3n) is 4.61. The molecule has 2 heterocycles. The second-order valence-electron chi connectivity index (χ2n) is 6.15. The molecule has 2 amide bonds. The van der Waals surface area contributed by atoms with Crippen LogP contribution in [0.2, 0.25) is 0 Å². The Morgan fingerprint density at radius 3 is 2.46 bits per heavy atom. The summed E-state index contributed by atoms with van der Waals surface area (Å²) >= 11 is 0. The van der Waals surface area contributed by atoms with Gasteiger partial charge < -0.3 is 4.74 Å². The Morgan fingerprint density at radius 2 is 1.71 bits per heavy atom. The highest BCUT2D eigenvalue weighted by atomic mass is 16.5. The highest BCUT2D eigenvalue weighted by Gasteiger charge is 2.50. The first-order valence-corrected chi connectivity index (χ1v) is 7.80. The van der Waals surface area contributed by atoms with E-state index in [-0.39, 0.29) is 12.3 Å². The standard InChI is InChI=1S/C19H15NO4/c1-11-6-8-12(9-7-11)20-16(21)10-14-13-4-2-3-5-15(13)24-19(23)17(14)18(20)22/h2-9,14,17H,10H2,1H3. The van der Waals surface area contributed by atoms with Crippen LogP contribution >= 0.6 is 0 Å². The van der Waals surface area contributed by atoms with Gasteiger partial charge in [-0.15, -0.1) is 0 Å². The number of piperidine rings is 1. The summed E-state index contributed by atoms with van der Waals surface area (Å²) in [5.74, 6) is -2.39. The zero-order valence-corrected chi connectivity index (χ0v) is 13.1. The summed E-state index contributed by atoms with van der Waals surface area (Å²) in [7, 11) is 0. The third kappa shape index (κ3) is 2.12. The molecule has 120 valence electrons. The monoisotopic (exact) mass is 321 g/mol. The lowest BCUT2D eigenvalue weighted by atomic mass is 9.77. The molecule has 2 aromatic rings. The Balaban J connectivity index is 1.76. The van der Waals surface area contributed by atoms with Gasteiger partial charge in [-0.25, -0.2) is 4.90 Å². The molecule has 0 saturated carbocycles. The molecule has 5 heteroatoms. The maximum Gasteiger partial charge on any atom is 0.324 e. The van der Waals surface area contributed by atoms with Crippen LogP contribution in [0.5, 0.6) is 5.75 Å². The Hall–Kier alpha value is -2.95. The van der Waals surface area contributed by atoms with E-state index in [1.54, 1.807) is 24.3 Å². The van der Waals surface area contributed by atoms with Gasteiger partial charge >= 0.3 is 5.97 Å². The van der Waals surface area contributed by atoms with E-state index in [2.05, 4.69) is 0 Å². The van der Waals surface area contributed by atoms with Crippen LogP contribution in [0.4, 0.5) is 5.69 Å². The van der Waals surface area contributed by atoms with Gasteiger partial charge in [-0.05, 0) is 30.7 Å². The number of rotatable bonds is 1. The summed E-state index contributed by atoms with van der Waals surface area (Å²) in [4.78, 5) is 39.0. The molecule has 1 saturated heterocycles. The van der Waals surface area contributed by atoms with Crippen molar-refractivity contribution in [3.05, 3.63) is 59.7 Å². The van der Waals surface area contributed by atoms with Crippen molar-refractivity contribution in [2.45, 2.75) is 19.3 Å². The molecule has 2 aliphatic rings. The number of benzene rings is 2. The fourth-order valence-corrected chi connectivity index (χ4v) is 3.40. The SMILES string of the molecule is Cc1ccc(N2C(=O)CC3c4ccccc4OC(=O)C3C2=O)cc1. The first kappa shape index (κ1) is 14.6. The quantitative estimate of drug-likeness (QED) is 0.350. The van der Waals surface area contributed by atoms with Crippen molar-refractivity contribution in [1.29, 1.82) is 0 Å². The maximum atomic E-state index is 12.9. The largest absolute Gasteiger partial charge is 0.426 e.